The summed E-state index contributed by atoms with van der Waals surface area (Å²) < 4.78 is 47.9. The number of halogens is 6. The summed E-state index contributed by atoms with van der Waals surface area (Å²) in [4.78, 5) is 17.8. The Labute approximate surface area is 250 Å². The molecule has 0 bridgehead atoms. The predicted molar refractivity (Wildman–Crippen MR) is 159 cm³/mol. The number of fused-ring (bicyclic) bond motifs is 1. The Morgan fingerprint density at radius 2 is 1.77 bits per heavy atom. The molecule has 0 radical (unpaired) electrons. The van der Waals surface area contributed by atoms with Crippen LogP contribution in [0.5, 0.6) is 5.75 Å². The summed E-state index contributed by atoms with van der Waals surface area (Å²) in [5, 5.41) is 5.66. The minimum absolute atomic E-state index is 0.0134. The molecule has 1 aromatic heterocycles. The van der Waals surface area contributed by atoms with Crippen LogP contribution in [-0.4, -0.2) is 15.9 Å². The molecular formula is C29H17Cl2F3IN3O2. The van der Waals surface area contributed by atoms with Gasteiger partial charge in [-0.15, -0.1) is 0 Å². The third kappa shape index (κ3) is 6.16. The fraction of sp³-hybridized carbons (Fsp3) is 0.0690. The molecular weight excluding hydrogens is 677 g/mol. The van der Waals surface area contributed by atoms with Gasteiger partial charge in [0.15, 0.2) is 5.82 Å². The van der Waals surface area contributed by atoms with Crippen LogP contribution in [0, 0.1) is 3.57 Å². The lowest BCUT2D eigenvalue weighted by atomic mass is 10.1. The lowest BCUT2D eigenvalue weighted by Gasteiger charge is -2.12. The highest BCUT2D eigenvalue weighted by atomic mass is 127. The van der Waals surface area contributed by atoms with Crippen LogP contribution in [0.1, 0.15) is 16.7 Å². The molecule has 0 atom stereocenters. The fourth-order valence-corrected chi connectivity index (χ4v) is 5.04. The molecule has 40 heavy (non-hydrogen) atoms. The van der Waals surface area contributed by atoms with Gasteiger partial charge >= 0.3 is 6.18 Å². The summed E-state index contributed by atoms with van der Waals surface area (Å²) >= 11 is 14.3. The molecule has 5 rings (SSSR count). The highest BCUT2D eigenvalue weighted by Gasteiger charge is 2.31. The van der Waals surface area contributed by atoms with E-state index >= 15 is 0 Å². The van der Waals surface area contributed by atoms with Crippen molar-refractivity contribution in [3.8, 4) is 17.1 Å². The predicted octanol–water partition coefficient (Wildman–Crippen LogP) is 8.45. The van der Waals surface area contributed by atoms with E-state index in [9.17, 15) is 18.0 Å². The molecule has 0 amide bonds. The zero-order chi connectivity index (χ0) is 28.4. The van der Waals surface area contributed by atoms with Crippen LogP contribution >= 0.6 is 45.8 Å². The molecule has 202 valence electrons. The zero-order valence-electron chi connectivity index (χ0n) is 20.3. The van der Waals surface area contributed by atoms with Crippen molar-refractivity contribution in [1.82, 2.24) is 9.66 Å². The Morgan fingerprint density at radius 1 is 0.975 bits per heavy atom. The van der Waals surface area contributed by atoms with E-state index in [2.05, 4.69) is 32.7 Å². The fourth-order valence-electron chi connectivity index (χ4n) is 3.89. The van der Waals surface area contributed by atoms with E-state index in [-0.39, 0.29) is 23.4 Å². The minimum Gasteiger partial charge on any atom is -0.488 e. The van der Waals surface area contributed by atoms with Gasteiger partial charge in [0.1, 0.15) is 12.4 Å². The largest absolute Gasteiger partial charge is 0.488 e. The van der Waals surface area contributed by atoms with E-state index in [0.717, 1.165) is 25.9 Å². The normalized spacial score (nSPS) is 11.8. The standard InChI is InChI=1S/C29H17Cl2F3IN3O2/c30-21-10-9-19(23(31)14-21)16-40-26-11-8-17(12-24(26)35)15-36-38-27(18-4-3-5-20(13-18)29(32,33)34)37-25-7-2-1-6-22(25)28(38)39/h1-15H,16H2. The van der Waals surface area contributed by atoms with Crippen molar-refractivity contribution in [3.63, 3.8) is 0 Å². The van der Waals surface area contributed by atoms with Crippen molar-refractivity contribution in [1.29, 1.82) is 0 Å². The van der Waals surface area contributed by atoms with E-state index in [4.69, 9.17) is 27.9 Å². The van der Waals surface area contributed by atoms with Crippen LogP contribution in [0.2, 0.25) is 10.0 Å². The van der Waals surface area contributed by atoms with E-state index in [1.54, 1.807) is 60.7 Å². The summed E-state index contributed by atoms with van der Waals surface area (Å²) in [5.74, 6) is 0.596. The first-order chi connectivity index (χ1) is 19.1. The van der Waals surface area contributed by atoms with Gasteiger partial charge in [-0.3, -0.25) is 4.79 Å². The molecule has 5 aromatic rings. The molecule has 0 aliphatic heterocycles. The van der Waals surface area contributed by atoms with E-state index in [0.29, 0.717) is 26.9 Å². The molecule has 4 aromatic carbocycles. The first-order valence-electron chi connectivity index (χ1n) is 11.7. The Morgan fingerprint density at radius 3 is 2.52 bits per heavy atom. The zero-order valence-corrected chi connectivity index (χ0v) is 24.0. The van der Waals surface area contributed by atoms with Gasteiger partial charge in [0, 0.05) is 21.2 Å². The number of ether oxygens (including phenoxy) is 1. The Kier molecular flexibility index (Phi) is 8.16. The number of aromatic nitrogens is 2. The van der Waals surface area contributed by atoms with E-state index < -0.39 is 17.3 Å². The lowest BCUT2D eigenvalue weighted by Crippen LogP contribution is -2.20. The molecule has 5 nitrogen and oxygen atoms in total. The van der Waals surface area contributed by atoms with Crippen LogP contribution < -0.4 is 10.3 Å². The quantitative estimate of drug-likeness (QED) is 0.133. The van der Waals surface area contributed by atoms with Gasteiger partial charge in [-0.05, 0) is 82.8 Å². The lowest BCUT2D eigenvalue weighted by molar-refractivity contribution is -0.137. The van der Waals surface area contributed by atoms with Gasteiger partial charge in [-0.25, -0.2) is 4.98 Å². The molecule has 0 fully saturated rings. The van der Waals surface area contributed by atoms with Crippen molar-refractivity contribution in [2.75, 3.05) is 0 Å². The second-order valence-corrected chi connectivity index (χ2v) is 10.6. The van der Waals surface area contributed by atoms with Crippen molar-refractivity contribution in [3.05, 3.63) is 126 Å². The summed E-state index contributed by atoms with van der Waals surface area (Å²) in [6, 6.07) is 21.7. The Bertz CT molecular complexity index is 1820. The minimum atomic E-state index is -4.55. The Hall–Kier alpha value is -3.41. The molecule has 0 aliphatic rings. The smallest absolute Gasteiger partial charge is 0.416 e. The van der Waals surface area contributed by atoms with Crippen LogP contribution in [0.15, 0.2) is 94.8 Å². The summed E-state index contributed by atoms with van der Waals surface area (Å²) in [6.07, 6.45) is -3.11. The van der Waals surface area contributed by atoms with Crippen molar-refractivity contribution in [2.45, 2.75) is 12.8 Å². The summed E-state index contributed by atoms with van der Waals surface area (Å²) in [7, 11) is 0. The first kappa shape index (κ1) is 28.1. The van der Waals surface area contributed by atoms with E-state index in [1.807, 2.05) is 0 Å². The SMILES string of the molecule is O=c1c2ccccc2nc(-c2cccc(C(F)(F)F)c2)n1N=Cc1ccc(OCc2ccc(Cl)cc2Cl)c(I)c1. The number of para-hydroxylation sites is 1. The highest BCUT2D eigenvalue weighted by Crippen LogP contribution is 2.32. The maximum Gasteiger partial charge on any atom is 0.416 e. The highest BCUT2D eigenvalue weighted by molar-refractivity contribution is 14.1. The van der Waals surface area contributed by atoms with Gasteiger partial charge in [-0.1, -0.05) is 53.5 Å². The van der Waals surface area contributed by atoms with Crippen LogP contribution in [0.3, 0.4) is 0 Å². The molecule has 0 unspecified atom stereocenters. The molecule has 0 aliphatic carbocycles. The Balaban J connectivity index is 1.49. The average molecular weight is 694 g/mol. The molecule has 11 heteroatoms. The van der Waals surface area contributed by atoms with Crippen LogP contribution in [-0.2, 0) is 12.8 Å². The second kappa shape index (κ2) is 11.6. The number of nitrogens with zero attached hydrogens (tertiary/aromatic N) is 3. The van der Waals surface area contributed by atoms with Gasteiger partial charge in [0.25, 0.3) is 5.56 Å². The second-order valence-electron chi connectivity index (χ2n) is 8.61. The van der Waals surface area contributed by atoms with Gasteiger partial charge in [0.2, 0.25) is 0 Å². The number of rotatable bonds is 6. The first-order valence-corrected chi connectivity index (χ1v) is 13.5. The molecule has 0 saturated carbocycles. The number of benzene rings is 4. The third-order valence-electron chi connectivity index (χ3n) is 5.88. The van der Waals surface area contributed by atoms with Gasteiger partial charge in [0.05, 0.1) is 26.3 Å². The van der Waals surface area contributed by atoms with Gasteiger partial charge in [-0.2, -0.15) is 22.9 Å². The average Bonchev–Trinajstić information content (AvgIpc) is 2.92. The molecule has 0 spiro atoms. The maximum atomic E-state index is 13.4. The summed E-state index contributed by atoms with van der Waals surface area (Å²) in [5.41, 5.74) is 0.503. The van der Waals surface area contributed by atoms with E-state index in [1.165, 1.54) is 18.3 Å². The van der Waals surface area contributed by atoms with Crippen molar-refractivity contribution in [2.24, 2.45) is 5.10 Å². The number of hydrogen-bond acceptors (Lipinski definition) is 4. The van der Waals surface area contributed by atoms with Crippen molar-refractivity contribution < 1.29 is 17.9 Å². The topological polar surface area (TPSA) is 56.5 Å². The third-order valence-corrected chi connectivity index (χ3v) is 7.31. The molecule has 0 saturated heterocycles. The van der Waals surface area contributed by atoms with Gasteiger partial charge < -0.3 is 4.74 Å². The van der Waals surface area contributed by atoms with Crippen LogP contribution in [0.4, 0.5) is 13.2 Å². The molecule has 1 heterocycles. The molecule has 0 N–H and O–H groups in total. The van der Waals surface area contributed by atoms with Crippen LogP contribution in [0.25, 0.3) is 22.3 Å². The monoisotopic (exact) mass is 693 g/mol. The maximum absolute atomic E-state index is 13.4. The summed E-state index contributed by atoms with van der Waals surface area (Å²) in [6.45, 7) is 0.234. The number of hydrogen-bond donors (Lipinski definition) is 0. The number of alkyl halides is 3. The van der Waals surface area contributed by atoms with Crippen molar-refractivity contribution >= 4 is 62.9 Å².